The van der Waals surface area contributed by atoms with Crippen LogP contribution in [0, 0.1) is 11.8 Å². The Labute approximate surface area is 88.5 Å². The van der Waals surface area contributed by atoms with Crippen molar-refractivity contribution in [1.82, 2.24) is 0 Å². The minimum Gasteiger partial charge on any atom is -0.327 e. The molecule has 0 spiro atoms. The lowest BCUT2D eigenvalue weighted by molar-refractivity contribution is -0.198. The molecule has 0 bridgehead atoms. The fourth-order valence-corrected chi connectivity index (χ4v) is 2.45. The van der Waals surface area contributed by atoms with Gasteiger partial charge in [0.1, 0.15) is 0 Å². The van der Waals surface area contributed by atoms with E-state index in [4.69, 9.17) is 5.73 Å². The molecule has 2 N–H and O–H groups in total. The average Bonchev–Trinajstić information content (AvgIpc) is 2.17. The molecule has 0 aromatic carbocycles. The smallest absolute Gasteiger partial charge is 0.327 e. The van der Waals surface area contributed by atoms with Crippen LogP contribution in [0.5, 0.6) is 0 Å². The molecule has 0 radical (unpaired) electrons. The monoisotopic (exact) mass is 221 g/mol. The van der Waals surface area contributed by atoms with Crippen LogP contribution in [0.2, 0.25) is 0 Å². The van der Waals surface area contributed by atoms with Crippen molar-refractivity contribution in [1.29, 1.82) is 0 Å². The number of hydrogen-bond donors (Lipinski definition) is 1. The Kier molecular flexibility index (Phi) is 4.20. The van der Waals surface area contributed by atoms with Crippen molar-refractivity contribution in [3.8, 4) is 0 Å². The van der Waals surface area contributed by atoms with Gasteiger partial charge in [0.05, 0.1) is 5.92 Å². The molecule has 1 fully saturated rings. The van der Waals surface area contributed by atoms with E-state index in [1.165, 1.54) is 0 Å². The first kappa shape index (κ1) is 12.6. The Hall–Kier alpha value is -0.510. The largest absolute Gasteiger partial charge is 0.392 e. The zero-order valence-corrected chi connectivity index (χ0v) is 8.76. The molecule has 0 heterocycles. The normalized spacial score (nSPS) is 29.9. The van der Waals surface area contributed by atoms with Crippen LogP contribution in [-0.2, 0) is 0 Å². The fourth-order valence-electron chi connectivity index (χ4n) is 2.45. The summed E-state index contributed by atoms with van der Waals surface area (Å²) >= 11 is 0. The van der Waals surface area contributed by atoms with Gasteiger partial charge in [-0.1, -0.05) is 18.9 Å². The molecule has 0 aromatic rings. The first-order valence-corrected chi connectivity index (χ1v) is 5.40. The summed E-state index contributed by atoms with van der Waals surface area (Å²) in [5, 5.41) is 0. The zero-order chi connectivity index (χ0) is 11.5. The summed E-state index contributed by atoms with van der Waals surface area (Å²) in [4.78, 5) is 0. The van der Waals surface area contributed by atoms with E-state index in [0.717, 1.165) is 6.42 Å². The van der Waals surface area contributed by atoms with Crippen LogP contribution in [0.1, 0.15) is 32.1 Å². The van der Waals surface area contributed by atoms with Gasteiger partial charge < -0.3 is 5.73 Å². The maximum atomic E-state index is 12.7. The Morgan fingerprint density at radius 1 is 1.33 bits per heavy atom. The maximum absolute atomic E-state index is 12.7. The molecule has 3 atom stereocenters. The Morgan fingerprint density at radius 3 is 2.47 bits per heavy atom. The van der Waals surface area contributed by atoms with Gasteiger partial charge in [-0.15, -0.1) is 6.58 Å². The molecule has 1 nitrogen and oxygen atoms in total. The average molecular weight is 221 g/mol. The van der Waals surface area contributed by atoms with E-state index in [-0.39, 0.29) is 6.42 Å². The summed E-state index contributed by atoms with van der Waals surface area (Å²) in [6, 6.07) is -0.394. The van der Waals surface area contributed by atoms with Crippen molar-refractivity contribution in [2.45, 2.75) is 44.3 Å². The second kappa shape index (κ2) is 5.01. The highest BCUT2D eigenvalue weighted by molar-refractivity contribution is 4.89. The predicted octanol–water partition coefficient (Wildman–Crippen LogP) is 3.26. The van der Waals surface area contributed by atoms with E-state index in [1.54, 1.807) is 6.08 Å². The molecule has 0 amide bonds. The summed E-state index contributed by atoms with van der Waals surface area (Å²) in [6.07, 6.45) is 0.343. The first-order valence-electron chi connectivity index (χ1n) is 5.40. The standard InChI is InChI=1S/C11H18F3N/c1-2-5-10(15)8-6-3-4-7-9(8)11(12,13)14/h2,8-10H,1,3-7,15H2. The molecule has 1 aliphatic rings. The third kappa shape index (κ3) is 3.23. The van der Waals surface area contributed by atoms with Crippen LogP contribution < -0.4 is 5.73 Å². The third-order valence-electron chi connectivity index (χ3n) is 3.23. The second-order valence-corrected chi connectivity index (χ2v) is 4.28. The van der Waals surface area contributed by atoms with E-state index in [2.05, 4.69) is 6.58 Å². The number of halogens is 3. The fraction of sp³-hybridized carbons (Fsp3) is 0.818. The highest BCUT2D eigenvalue weighted by Crippen LogP contribution is 2.42. The van der Waals surface area contributed by atoms with Crippen molar-refractivity contribution in [2.24, 2.45) is 17.6 Å². The van der Waals surface area contributed by atoms with E-state index in [1.807, 2.05) is 0 Å². The number of hydrogen-bond acceptors (Lipinski definition) is 1. The van der Waals surface area contributed by atoms with E-state index in [9.17, 15) is 13.2 Å². The third-order valence-corrected chi connectivity index (χ3v) is 3.23. The molecule has 1 saturated carbocycles. The van der Waals surface area contributed by atoms with Crippen LogP contribution >= 0.6 is 0 Å². The predicted molar refractivity (Wildman–Crippen MR) is 54.3 cm³/mol. The number of rotatable bonds is 3. The molecule has 15 heavy (non-hydrogen) atoms. The molecule has 4 heteroatoms. The molecule has 0 aliphatic heterocycles. The van der Waals surface area contributed by atoms with Gasteiger partial charge >= 0.3 is 6.18 Å². The molecule has 3 unspecified atom stereocenters. The van der Waals surface area contributed by atoms with Crippen LogP contribution in [-0.4, -0.2) is 12.2 Å². The minimum absolute atomic E-state index is 0.235. The second-order valence-electron chi connectivity index (χ2n) is 4.28. The van der Waals surface area contributed by atoms with Gasteiger partial charge in [-0.25, -0.2) is 0 Å². The Morgan fingerprint density at radius 2 is 1.93 bits per heavy atom. The SMILES string of the molecule is C=CCC(N)C1CCCCC1C(F)(F)F. The molecule has 0 aromatic heterocycles. The van der Waals surface area contributed by atoms with E-state index >= 15 is 0 Å². The lowest BCUT2D eigenvalue weighted by Gasteiger charge is -2.36. The maximum Gasteiger partial charge on any atom is 0.392 e. The molecule has 1 aliphatic carbocycles. The molecular formula is C11H18F3N. The van der Waals surface area contributed by atoms with E-state index < -0.39 is 24.1 Å². The number of alkyl halides is 3. The lowest BCUT2D eigenvalue weighted by Crippen LogP contribution is -2.42. The lowest BCUT2D eigenvalue weighted by atomic mass is 9.74. The Balaban J connectivity index is 2.69. The molecule has 88 valence electrons. The summed E-state index contributed by atoms with van der Waals surface area (Å²) in [5.41, 5.74) is 5.77. The molecule has 0 saturated heterocycles. The van der Waals surface area contributed by atoms with Crippen LogP contribution in [0.25, 0.3) is 0 Å². The van der Waals surface area contributed by atoms with Crippen LogP contribution in [0.15, 0.2) is 12.7 Å². The molecular weight excluding hydrogens is 203 g/mol. The first-order chi connectivity index (χ1) is 6.96. The Bertz CT molecular complexity index is 212. The van der Waals surface area contributed by atoms with Gasteiger partial charge in [-0.2, -0.15) is 13.2 Å². The summed E-state index contributed by atoms with van der Waals surface area (Å²) in [6.45, 7) is 3.52. The van der Waals surface area contributed by atoms with Crippen molar-refractivity contribution in [3.05, 3.63) is 12.7 Å². The van der Waals surface area contributed by atoms with Gasteiger partial charge in [0.2, 0.25) is 0 Å². The van der Waals surface area contributed by atoms with Crippen molar-refractivity contribution >= 4 is 0 Å². The van der Waals surface area contributed by atoms with Crippen LogP contribution in [0.4, 0.5) is 13.2 Å². The van der Waals surface area contributed by atoms with Gasteiger partial charge in [0, 0.05) is 6.04 Å². The topological polar surface area (TPSA) is 26.0 Å². The van der Waals surface area contributed by atoms with Crippen molar-refractivity contribution in [3.63, 3.8) is 0 Å². The van der Waals surface area contributed by atoms with Gasteiger partial charge in [0.15, 0.2) is 0 Å². The van der Waals surface area contributed by atoms with Gasteiger partial charge in [-0.05, 0) is 25.2 Å². The highest BCUT2D eigenvalue weighted by Gasteiger charge is 2.46. The zero-order valence-electron chi connectivity index (χ0n) is 8.76. The highest BCUT2D eigenvalue weighted by atomic mass is 19.4. The summed E-state index contributed by atoms with van der Waals surface area (Å²) in [5.74, 6) is -1.63. The van der Waals surface area contributed by atoms with Gasteiger partial charge in [-0.3, -0.25) is 0 Å². The van der Waals surface area contributed by atoms with Crippen molar-refractivity contribution in [2.75, 3.05) is 0 Å². The summed E-state index contributed by atoms with van der Waals surface area (Å²) in [7, 11) is 0. The van der Waals surface area contributed by atoms with Gasteiger partial charge in [0.25, 0.3) is 0 Å². The van der Waals surface area contributed by atoms with E-state index in [0.29, 0.717) is 19.3 Å². The minimum atomic E-state index is -4.09. The molecule has 1 rings (SSSR count). The quantitative estimate of drug-likeness (QED) is 0.727. The van der Waals surface area contributed by atoms with Crippen LogP contribution in [0.3, 0.4) is 0 Å². The van der Waals surface area contributed by atoms with Crippen molar-refractivity contribution < 1.29 is 13.2 Å². The summed E-state index contributed by atoms with van der Waals surface area (Å²) < 4.78 is 38.1. The number of nitrogens with two attached hydrogens (primary N) is 1.